The average molecular weight is 348 g/mol. The Morgan fingerprint density at radius 3 is 2.88 bits per heavy atom. The molecule has 0 amide bonds. The fourth-order valence-electron chi connectivity index (χ4n) is 4.75. The van der Waals surface area contributed by atoms with Crippen molar-refractivity contribution in [2.75, 3.05) is 13.1 Å². The molecule has 1 N–H and O–H groups in total. The van der Waals surface area contributed by atoms with Crippen LogP contribution in [0.15, 0.2) is 41.5 Å². The lowest BCUT2D eigenvalue weighted by Gasteiger charge is -2.45. The molecular formula is C21H24N4O. The van der Waals surface area contributed by atoms with Crippen molar-refractivity contribution >= 4 is 10.9 Å². The van der Waals surface area contributed by atoms with Crippen LogP contribution in [0.3, 0.4) is 0 Å². The fraction of sp³-hybridized carbons (Fsp3) is 0.429. The predicted molar refractivity (Wildman–Crippen MR) is 103 cm³/mol. The van der Waals surface area contributed by atoms with Gasteiger partial charge in [-0.25, -0.2) is 4.98 Å². The first kappa shape index (κ1) is 15.8. The molecular weight excluding hydrogens is 324 g/mol. The second kappa shape index (κ2) is 6.09. The van der Waals surface area contributed by atoms with Gasteiger partial charge in [0, 0.05) is 25.0 Å². The standard InChI is InChI=1S/C21H24N4O/c1-14-3-2-4-16-12-18(21(26)23-19(14)16)20-22-7-10-25(20)13-17-11-15-5-8-24(17)9-6-15/h2-4,7,10,12,15,17H,5-6,8-9,11,13H2,1H3,(H,23,26). The van der Waals surface area contributed by atoms with Gasteiger partial charge in [-0.2, -0.15) is 0 Å². The Bertz CT molecular complexity index is 1010. The number of hydrogen-bond acceptors (Lipinski definition) is 3. The second-order valence-electron chi connectivity index (χ2n) is 7.82. The van der Waals surface area contributed by atoms with Crippen molar-refractivity contribution in [1.82, 2.24) is 19.4 Å². The van der Waals surface area contributed by atoms with Crippen molar-refractivity contribution in [3.05, 3.63) is 52.6 Å². The van der Waals surface area contributed by atoms with E-state index in [0.717, 1.165) is 34.8 Å². The van der Waals surface area contributed by atoms with Gasteiger partial charge in [-0.3, -0.25) is 9.69 Å². The van der Waals surface area contributed by atoms with Gasteiger partial charge in [-0.05, 0) is 62.2 Å². The van der Waals surface area contributed by atoms with Gasteiger partial charge < -0.3 is 9.55 Å². The van der Waals surface area contributed by atoms with Crippen molar-refractivity contribution in [3.63, 3.8) is 0 Å². The quantitative estimate of drug-likeness (QED) is 0.791. The topological polar surface area (TPSA) is 53.9 Å². The number of hydrogen-bond donors (Lipinski definition) is 1. The van der Waals surface area contributed by atoms with Crippen LogP contribution in [0.25, 0.3) is 22.3 Å². The Morgan fingerprint density at radius 1 is 1.27 bits per heavy atom. The van der Waals surface area contributed by atoms with E-state index in [1.54, 1.807) is 0 Å². The van der Waals surface area contributed by atoms with E-state index in [1.807, 2.05) is 43.6 Å². The minimum absolute atomic E-state index is 0.0651. The minimum Gasteiger partial charge on any atom is -0.329 e. The summed E-state index contributed by atoms with van der Waals surface area (Å²) < 4.78 is 2.16. The number of nitrogens with zero attached hydrogens (tertiary/aromatic N) is 3. The Balaban J connectivity index is 1.52. The van der Waals surface area contributed by atoms with E-state index < -0.39 is 0 Å². The number of piperidine rings is 3. The first-order valence-electron chi connectivity index (χ1n) is 9.57. The zero-order valence-corrected chi connectivity index (χ0v) is 15.1. The molecule has 3 aromatic rings. The fourth-order valence-corrected chi connectivity index (χ4v) is 4.75. The summed E-state index contributed by atoms with van der Waals surface area (Å²) in [5.41, 5.74) is 2.59. The highest BCUT2D eigenvalue weighted by molar-refractivity contribution is 5.84. The molecule has 5 heterocycles. The van der Waals surface area contributed by atoms with Crippen LogP contribution in [0.4, 0.5) is 0 Å². The molecule has 3 saturated heterocycles. The molecule has 0 spiro atoms. The van der Waals surface area contributed by atoms with Gasteiger partial charge >= 0.3 is 0 Å². The molecule has 3 aliphatic rings. The SMILES string of the molecule is Cc1cccc2cc(-c3nccn3CC3CC4CCN3CC4)c(=O)[nH]c12. The number of aromatic amines is 1. The Kier molecular flexibility index (Phi) is 3.71. The highest BCUT2D eigenvalue weighted by atomic mass is 16.1. The summed E-state index contributed by atoms with van der Waals surface area (Å²) in [5, 5.41) is 1.05. The molecule has 0 aliphatic carbocycles. The van der Waals surface area contributed by atoms with Crippen molar-refractivity contribution in [2.45, 2.75) is 38.8 Å². The third-order valence-electron chi connectivity index (χ3n) is 6.22. The molecule has 5 nitrogen and oxygen atoms in total. The minimum atomic E-state index is -0.0651. The maximum atomic E-state index is 12.7. The van der Waals surface area contributed by atoms with Crippen molar-refractivity contribution in [1.29, 1.82) is 0 Å². The average Bonchev–Trinajstić information content (AvgIpc) is 3.11. The number of rotatable bonds is 3. The Hall–Kier alpha value is -2.40. The summed E-state index contributed by atoms with van der Waals surface area (Å²) >= 11 is 0. The number of fused-ring (bicyclic) bond motifs is 4. The van der Waals surface area contributed by atoms with Crippen molar-refractivity contribution < 1.29 is 0 Å². The Labute approximate surface area is 152 Å². The highest BCUT2D eigenvalue weighted by Crippen LogP contribution is 2.33. The first-order chi connectivity index (χ1) is 12.7. The molecule has 6 rings (SSSR count). The van der Waals surface area contributed by atoms with Crippen LogP contribution >= 0.6 is 0 Å². The number of para-hydroxylation sites is 1. The normalized spacial score (nSPS) is 25.0. The summed E-state index contributed by atoms with van der Waals surface area (Å²) in [5.74, 6) is 1.65. The van der Waals surface area contributed by atoms with E-state index >= 15 is 0 Å². The van der Waals surface area contributed by atoms with Gasteiger partial charge in [0.05, 0.1) is 11.1 Å². The van der Waals surface area contributed by atoms with Gasteiger partial charge in [0.1, 0.15) is 5.82 Å². The van der Waals surface area contributed by atoms with Crippen LogP contribution in [0.5, 0.6) is 0 Å². The van der Waals surface area contributed by atoms with Crippen LogP contribution in [-0.2, 0) is 6.54 Å². The van der Waals surface area contributed by atoms with E-state index in [-0.39, 0.29) is 5.56 Å². The number of benzene rings is 1. The smallest absolute Gasteiger partial charge is 0.259 e. The number of pyridine rings is 1. The van der Waals surface area contributed by atoms with Gasteiger partial charge in [0.15, 0.2) is 0 Å². The molecule has 26 heavy (non-hydrogen) atoms. The molecule has 0 radical (unpaired) electrons. The summed E-state index contributed by atoms with van der Waals surface area (Å²) in [4.78, 5) is 22.9. The third-order valence-corrected chi connectivity index (χ3v) is 6.22. The lowest BCUT2D eigenvalue weighted by atomic mass is 9.83. The first-order valence-corrected chi connectivity index (χ1v) is 9.57. The molecule has 1 atom stereocenters. The van der Waals surface area contributed by atoms with Crippen LogP contribution in [0.1, 0.15) is 24.8 Å². The van der Waals surface area contributed by atoms with Gasteiger partial charge in [-0.1, -0.05) is 18.2 Å². The molecule has 3 aliphatic heterocycles. The highest BCUT2D eigenvalue weighted by Gasteiger charge is 2.33. The Morgan fingerprint density at radius 2 is 2.12 bits per heavy atom. The van der Waals surface area contributed by atoms with E-state index in [4.69, 9.17) is 0 Å². The van der Waals surface area contributed by atoms with E-state index in [9.17, 15) is 4.79 Å². The summed E-state index contributed by atoms with van der Waals surface area (Å²) in [7, 11) is 0. The molecule has 5 heteroatoms. The molecule has 1 unspecified atom stereocenters. The molecule has 0 saturated carbocycles. The molecule has 1 aromatic carbocycles. The lowest BCUT2D eigenvalue weighted by Crippen LogP contribution is -2.50. The molecule has 2 bridgehead atoms. The van der Waals surface area contributed by atoms with E-state index in [0.29, 0.717) is 11.6 Å². The van der Waals surface area contributed by atoms with Crippen molar-refractivity contribution in [2.24, 2.45) is 5.92 Å². The van der Waals surface area contributed by atoms with Crippen LogP contribution in [0.2, 0.25) is 0 Å². The maximum absolute atomic E-state index is 12.7. The largest absolute Gasteiger partial charge is 0.329 e. The maximum Gasteiger partial charge on any atom is 0.259 e. The van der Waals surface area contributed by atoms with Crippen LogP contribution in [-0.4, -0.2) is 38.6 Å². The third kappa shape index (κ3) is 2.58. The van der Waals surface area contributed by atoms with E-state index in [2.05, 4.69) is 19.4 Å². The van der Waals surface area contributed by atoms with Gasteiger partial charge in [0.2, 0.25) is 0 Å². The summed E-state index contributed by atoms with van der Waals surface area (Å²) in [6.45, 7) is 5.37. The van der Waals surface area contributed by atoms with Crippen LogP contribution in [0, 0.1) is 12.8 Å². The monoisotopic (exact) mass is 348 g/mol. The second-order valence-corrected chi connectivity index (χ2v) is 7.82. The molecule has 3 fully saturated rings. The summed E-state index contributed by atoms with van der Waals surface area (Å²) in [6, 6.07) is 8.63. The number of nitrogens with one attached hydrogen (secondary N) is 1. The number of aryl methyl sites for hydroxylation is 1. The number of H-pyrrole nitrogens is 1. The zero-order chi connectivity index (χ0) is 17.7. The summed E-state index contributed by atoms with van der Waals surface area (Å²) in [6.07, 6.45) is 7.78. The molecule has 134 valence electrons. The molecule has 2 aromatic heterocycles. The van der Waals surface area contributed by atoms with Gasteiger partial charge in [-0.15, -0.1) is 0 Å². The lowest BCUT2D eigenvalue weighted by molar-refractivity contribution is 0.0408. The van der Waals surface area contributed by atoms with Crippen LogP contribution < -0.4 is 5.56 Å². The number of imidazole rings is 1. The predicted octanol–water partition coefficient (Wildman–Crippen LogP) is 3.18. The van der Waals surface area contributed by atoms with Crippen molar-refractivity contribution in [3.8, 4) is 11.4 Å². The zero-order valence-electron chi connectivity index (χ0n) is 15.1. The van der Waals surface area contributed by atoms with E-state index in [1.165, 1.54) is 32.4 Å². The number of aromatic nitrogens is 3. The van der Waals surface area contributed by atoms with Gasteiger partial charge in [0.25, 0.3) is 5.56 Å².